The van der Waals surface area contributed by atoms with Gasteiger partial charge in [-0.05, 0) is 72.8 Å². The molecule has 0 aliphatic carbocycles. The number of phenolic OH excluding ortho intramolecular Hbond substituents is 4. The largest absolute Gasteiger partial charge is 4.00 e. The molecule has 0 radical (unpaired) electrons. The van der Waals surface area contributed by atoms with E-state index in [1.807, 2.05) is 42.5 Å². The summed E-state index contributed by atoms with van der Waals surface area (Å²) in [4.78, 5) is 16.0. The van der Waals surface area contributed by atoms with Crippen molar-refractivity contribution < 1.29 is 37.5 Å². The number of aromatic nitrogens is 4. The first-order valence-corrected chi connectivity index (χ1v) is 16.1. The molecule has 8 nitrogen and oxygen atoms in total. The molecular formula is C44H34FeN4O4. The van der Waals surface area contributed by atoms with Gasteiger partial charge in [0.15, 0.2) is 0 Å². The fourth-order valence-electron chi connectivity index (χ4n) is 4.48. The number of H-pyrrole nitrogens is 2. The van der Waals surface area contributed by atoms with Gasteiger partial charge in [-0.15, -0.1) is 48.5 Å². The van der Waals surface area contributed by atoms with Crippen LogP contribution in [-0.2, 0) is 17.1 Å². The summed E-state index contributed by atoms with van der Waals surface area (Å²) in [5.74, 6) is 0.787. The molecule has 262 valence electrons. The van der Waals surface area contributed by atoms with Crippen LogP contribution in [0.15, 0.2) is 146 Å². The molecule has 0 saturated heterocycles. The van der Waals surface area contributed by atoms with Crippen LogP contribution in [0.3, 0.4) is 0 Å². The van der Waals surface area contributed by atoms with Crippen LogP contribution in [0.25, 0.3) is 46.4 Å². The maximum absolute atomic E-state index is 8.58. The van der Waals surface area contributed by atoms with Gasteiger partial charge in [0.1, 0.15) is 0 Å². The number of hydrogen-bond donors (Lipinski definition) is 6. The molecule has 9 rings (SSSR count). The minimum absolute atomic E-state index is 0. The Morgan fingerprint density at radius 1 is 0.358 bits per heavy atom. The van der Waals surface area contributed by atoms with Gasteiger partial charge in [0.05, 0.1) is 22.8 Å². The van der Waals surface area contributed by atoms with Crippen LogP contribution in [0.4, 0.5) is 0 Å². The van der Waals surface area contributed by atoms with E-state index < -0.39 is 0 Å². The van der Waals surface area contributed by atoms with Crippen molar-refractivity contribution >= 4 is 46.4 Å². The first-order valence-electron chi connectivity index (χ1n) is 16.1. The summed E-state index contributed by atoms with van der Waals surface area (Å²) in [5.41, 5.74) is 7.86. The van der Waals surface area contributed by atoms with Crippen LogP contribution >= 0.6 is 0 Å². The summed E-state index contributed by atoms with van der Waals surface area (Å²) in [6, 6.07) is 54.0. The number of aromatic hydroxyl groups is 4. The average molecular weight is 739 g/mol. The Hall–Kier alpha value is -6.80. The van der Waals surface area contributed by atoms with Crippen molar-refractivity contribution in [3.05, 3.63) is 193 Å². The zero-order valence-electron chi connectivity index (χ0n) is 28.2. The first-order chi connectivity index (χ1) is 25.4. The second kappa shape index (κ2) is 20.8. The maximum atomic E-state index is 8.58. The predicted octanol–water partition coefficient (Wildman–Crippen LogP) is 9.42. The summed E-state index contributed by atoms with van der Waals surface area (Å²) >= 11 is 0. The van der Waals surface area contributed by atoms with Crippen LogP contribution in [-0.4, -0.2) is 40.4 Å². The van der Waals surface area contributed by atoms with Crippen LogP contribution in [0.1, 0.15) is 22.8 Å². The number of phenols is 4. The summed E-state index contributed by atoms with van der Waals surface area (Å²) in [6.45, 7) is 0. The molecule has 0 atom stereocenters. The molecule has 8 bridgehead atoms. The van der Waals surface area contributed by atoms with Crippen LogP contribution < -0.4 is 0 Å². The van der Waals surface area contributed by atoms with Crippen molar-refractivity contribution in [2.45, 2.75) is 0 Å². The zero-order chi connectivity index (χ0) is 36.4. The average Bonchev–Trinajstić information content (AvgIpc) is 3.98. The van der Waals surface area contributed by atoms with E-state index in [1.165, 1.54) is 0 Å². The molecular weight excluding hydrogens is 704 g/mol. The van der Waals surface area contributed by atoms with Crippen molar-refractivity contribution in [2.75, 3.05) is 0 Å². The standard InChI is InChI=1S/C20H14N4.4C6H5O.Fe/c1-2-14-10-16-5-6-18(23-16)12-20-8-7-19(24-20)11-17-4-3-15(22-17)9-13(1)21-14;4*7-6-4-2-1-3-5-6;/h1-12,21-22H;4*1-4,7H;/q;4*-1;+4. The summed E-state index contributed by atoms with van der Waals surface area (Å²) in [5, 5.41) is 34.3. The maximum Gasteiger partial charge on any atom is 4.00 e. The Morgan fingerprint density at radius 3 is 0.887 bits per heavy atom. The number of benzene rings is 4. The number of hydrogen-bond acceptors (Lipinski definition) is 6. The fraction of sp³-hybridized carbons (Fsp3) is 0. The van der Waals surface area contributed by atoms with Gasteiger partial charge < -0.3 is 30.4 Å². The molecule has 4 aromatic carbocycles. The van der Waals surface area contributed by atoms with Crippen LogP contribution in [0, 0.1) is 24.3 Å². The Balaban J connectivity index is 0.000000176. The normalized spacial score (nSPS) is 10.3. The van der Waals surface area contributed by atoms with Gasteiger partial charge in [0, 0.05) is 45.1 Å². The van der Waals surface area contributed by atoms with Crippen LogP contribution in [0.5, 0.6) is 23.0 Å². The van der Waals surface area contributed by atoms with E-state index in [-0.39, 0.29) is 40.1 Å². The third-order valence-corrected chi connectivity index (χ3v) is 6.81. The van der Waals surface area contributed by atoms with Gasteiger partial charge in [-0.25, -0.2) is 9.97 Å². The van der Waals surface area contributed by atoms with E-state index in [9.17, 15) is 0 Å². The second-order valence-corrected chi connectivity index (χ2v) is 10.9. The molecule has 2 aliphatic heterocycles. The summed E-state index contributed by atoms with van der Waals surface area (Å²) in [7, 11) is 0. The number of nitrogens with one attached hydrogen (secondary N) is 2. The minimum atomic E-state index is 0. The number of fused-ring (bicyclic) bond motifs is 8. The van der Waals surface area contributed by atoms with Gasteiger partial charge in [-0.2, -0.15) is 72.8 Å². The molecule has 0 fully saturated rings. The van der Waals surface area contributed by atoms with Crippen LogP contribution in [0.2, 0.25) is 0 Å². The SMILES string of the molecule is C1=Cc2cc3ccc(cc4ccc(cc5nc(cc1n2)C=C5)[nH]4)[nH]3.Oc1[c-]cccc1.Oc1[c-]cccc1.Oc1[c-]cccc1.Oc1[c-]cccc1.[Fe+4]. The van der Waals surface area contributed by atoms with Gasteiger partial charge in [-0.1, -0.05) is 0 Å². The molecule has 0 unspecified atom stereocenters. The summed E-state index contributed by atoms with van der Waals surface area (Å²) < 4.78 is 0. The Labute approximate surface area is 318 Å². The van der Waals surface area contributed by atoms with E-state index in [0.29, 0.717) is 0 Å². The molecule has 2 aliphatic rings. The van der Waals surface area contributed by atoms with E-state index >= 15 is 0 Å². The quantitative estimate of drug-likeness (QED) is 0.0678. The first kappa shape index (κ1) is 39.0. The smallest absolute Gasteiger partial charge is 0.534 e. The number of aromatic amines is 2. The monoisotopic (exact) mass is 738 g/mol. The number of nitrogens with zero attached hydrogens (tertiary/aromatic N) is 2. The number of para-hydroxylation sites is 4. The molecule has 0 amide bonds. The molecule has 9 heteroatoms. The number of rotatable bonds is 0. The minimum Gasteiger partial charge on any atom is -0.534 e. The van der Waals surface area contributed by atoms with Gasteiger partial charge >= 0.3 is 17.1 Å². The van der Waals surface area contributed by atoms with Crippen molar-refractivity contribution in [1.29, 1.82) is 0 Å². The zero-order valence-corrected chi connectivity index (χ0v) is 29.3. The fourth-order valence-corrected chi connectivity index (χ4v) is 4.48. The van der Waals surface area contributed by atoms with Crippen molar-refractivity contribution in [1.82, 2.24) is 19.9 Å². The van der Waals surface area contributed by atoms with Gasteiger partial charge in [0.25, 0.3) is 0 Å². The molecule has 0 spiro atoms. The van der Waals surface area contributed by atoms with E-state index in [4.69, 9.17) is 20.4 Å². The third-order valence-electron chi connectivity index (χ3n) is 6.81. The third kappa shape index (κ3) is 14.2. The van der Waals surface area contributed by atoms with E-state index in [1.54, 1.807) is 97.1 Å². The van der Waals surface area contributed by atoms with Gasteiger partial charge in [-0.3, -0.25) is 0 Å². The van der Waals surface area contributed by atoms with E-state index in [0.717, 1.165) is 44.8 Å². The van der Waals surface area contributed by atoms with Crippen molar-refractivity contribution in [3.63, 3.8) is 0 Å². The second-order valence-electron chi connectivity index (χ2n) is 10.9. The summed E-state index contributed by atoms with van der Waals surface area (Å²) in [6.07, 6.45) is 8.05. The molecule has 0 saturated carbocycles. The van der Waals surface area contributed by atoms with E-state index in [2.05, 4.69) is 74.5 Å². The van der Waals surface area contributed by atoms with Crippen molar-refractivity contribution in [2.24, 2.45) is 0 Å². The van der Waals surface area contributed by atoms with Crippen molar-refractivity contribution in [3.8, 4) is 23.0 Å². The Bertz CT molecular complexity index is 2110. The predicted molar refractivity (Wildman–Crippen MR) is 207 cm³/mol. The molecule has 6 N–H and O–H groups in total. The topological polar surface area (TPSA) is 138 Å². The van der Waals surface area contributed by atoms with Gasteiger partial charge in [0.2, 0.25) is 0 Å². The molecule has 7 aromatic rings. The molecule has 53 heavy (non-hydrogen) atoms. The molecule has 5 heterocycles. The molecule has 3 aromatic heterocycles. The Morgan fingerprint density at radius 2 is 0.642 bits per heavy atom. The Kier molecular flexibility index (Phi) is 15.3.